The van der Waals surface area contributed by atoms with Crippen LogP contribution < -0.4 is 0 Å². The van der Waals surface area contributed by atoms with E-state index in [1.165, 1.54) is 0 Å². The SMILES string of the molecule is C[C@@H]1CC(S(=O)(=O)Cl)C[C@H](C)N1C(=O)OC(C)(C)C. The Balaban J connectivity index is 2.81. The largest absolute Gasteiger partial charge is 0.444 e. The van der Waals surface area contributed by atoms with Crippen LogP contribution in [0.4, 0.5) is 4.79 Å². The van der Waals surface area contributed by atoms with Gasteiger partial charge in [-0.2, -0.15) is 0 Å². The first-order chi connectivity index (χ1) is 8.42. The van der Waals surface area contributed by atoms with Crippen molar-refractivity contribution < 1.29 is 17.9 Å². The zero-order valence-electron chi connectivity index (χ0n) is 12.0. The Bertz CT molecular complexity index is 431. The average Bonchev–Trinajstić information content (AvgIpc) is 2.11. The van der Waals surface area contributed by atoms with Crippen molar-refractivity contribution in [1.82, 2.24) is 4.90 Å². The molecule has 5 nitrogen and oxygen atoms in total. The van der Waals surface area contributed by atoms with Crippen molar-refractivity contribution in [2.45, 2.75) is 70.4 Å². The second kappa shape index (κ2) is 5.48. The predicted octanol–water partition coefficient (Wildman–Crippen LogP) is 2.73. The van der Waals surface area contributed by atoms with Crippen LogP contribution in [-0.4, -0.2) is 42.3 Å². The number of ether oxygens (including phenoxy) is 1. The fourth-order valence-electron chi connectivity index (χ4n) is 2.42. The van der Waals surface area contributed by atoms with Gasteiger partial charge in [0.2, 0.25) is 9.05 Å². The molecule has 0 saturated carbocycles. The predicted molar refractivity (Wildman–Crippen MR) is 74.8 cm³/mol. The number of hydrogen-bond acceptors (Lipinski definition) is 4. The van der Waals surface area contributed by atoms with Gasteiger partial charge in [-0.15, -0.1) is 0 Å². The summed E-state index contributed by atoms with van der Waals surface area (Å²) in [5.74, 6) is 0. The van der Waals surface area contributed by atoms with Gasteiger partial charge in [-0.1, -0.05) is 0 Å². The van der Waals surface area contributed by atoms with Crippen LogP contribution in [-0.2, 0) is 13.8 Å². The van der Waals surface area contributed by atoms with Crippen molar-refractivity contribution in [3.8, 4) is 0 Å². The highest BCUT2D eigenvalue weighted by Gasteiger charge is 2.40. The number of nitrogens with zero attached hydrogens (tertiary/aromatic N) is 1. The Morgan fingerprint density at radius 2 is 1.63 bits per heavy atom. The topological polar surface area (TPSA) is 63.7 Å². The fraction of sp³-hybridized carbons (Fsp3) is 0.917. The van der Waals surface area contributed by atoms with E-state index in [1.807, 2.05) is 13.8 Å². The molecule has 3 atom stereocenters. The molecular weight excluding hydrogens is 290 g/mol. The second-order valence-electron chi connectivity index (χ2n) is 6.15. The van der Waals surface area contributed by atoms with E-state index < -0.39 is 26.0 Å². The summed E-state index contributed by atoms with van der Waals surface area (Å²) in [6.45, 7) is 9.03. The molecule has 112 valence electrons. The van der Waals surface area contributed by atoms with Gasteiger partial charge in [0.15, 0.2) is 0 Å². The molecule has 0 spiro atoms. The Labute approximate surface area is 119 Å². The highest BCUT2D eigenvalue weighted by Crippen LogP contribution is 2.30. The minimum Gasteiger partial charge on any atom is -0.444 e. The van der Waals surface area contributed by atoms with Crippen LogP contribution in [0.25, 0.3) is 0 Å². The van der Waals surface area contributed by atoms with E-state index >= 15 is 0 Å². The van der Waals surface area contributed by atoms with Crippen molar-refractivity contribution in [3.63, 3.8) is 0 Å². The number of halogens is 1. The van der Waals surface area contributed by atoms with Gasteiger partial charge in [0.1, 0.15) is 5.60 Å². The van der Waals surface area contributed by atoms with Gasteiger partial charge in [0.05, 0.1) is 5.25 Å². The molecular formula is C12H22ClNO4S. The van der Waals surface area contributed by atoms with Gasteiger partial charge >= 0.3 is 6.09 Å². The molecule has 1 fully saturated rings. The molecule has 0 aromatic heterocycles. The van der Waals surface area contributed by atoms with Crippen LogP contribution in [0.1, 0.15) is 47.5 Å². The summed E-state index contributed by atoms with van der Waals surface area (Å²) in [6, 6.07) is -0.422. The number of carbonyl (C=O) groups is 1. The van der Waals surface area contributed by atoms with Crippen molar-refractivity contribution in [1.29, 1.82) is 0 Å². The third kappa shape index (κ3) is 4.53. The highest BCUT2D eigenvalue weighted by molar-refractivity contribution is 8.14. The zero-order valence-corrected chi connectivity index (χ0v) is 13.6. The third-order valence-corrected chi connectivity index (χ3v) is 5.10. The lowest BCUT2D eigenvalue weighted by Crippen LogP contribution is -2.53. The lowest BCUT2D eigenvalue weighted by Gasteiger charge is -2.41. The molecule has 0 bridgehead atoms. The van der Waals surface area contributed by atoms with E-state index in [4.69, 9.17) is 15.4 Å². The quantitative estimate of drug-likeness (QED) is 0.698. The standard InChI is InChI=1S/C12H22ClNO4S/c1-8-6-10(19(13,16)17)7-9(2)14(8)11(15)18-12(3,4)5/h8-10H,6-7H2,1-5H3/t8-,9+,10?. The molecule has 1 aliphatic heterocycles. The fourth-order valence-corrected chi connectivity index (χ4v) is 3.88. The smallest absolute Gasteiger partial charge is 0.410 e. The first-order valence-corrected chi connectivity index (χ1v) is 8.74. The van der Waals surface area contributed by atoms with E-state index in [2.05, 4.69) is 0 Å². The minimum absolute atomic E-state index is 0.211. The highest BCUT2D eigenvalue weighted by atomic mass is 35.7. The summed E-state index contributed by atoms with van der Waals surface area (Å²) in [4.78, 5) is 13.7. The molecule has 1 saturated heterocycles. The molecule has 1 heterocycles. The average molecular weight is 312 g/mol. The Morgan fingerprint density at radius 3 is 1.95 bits per heavy atom. The number of amides is 1. The molecule has 1 amide bonds. The maximum atomic E-state index is 12.1. The van der Waals surface area contributed by atoms with Crippen molar-refractivity contribution >= 4 is 25.8 Å². The van der Waals surface area contributed by atoms with Gasteiger partial charge in [-0.25, -0.2) is 13.2 Å². The summed E-state index contributed by atoms with van der Waals surface area (Å²) in [5.41, 5.74) is -0.564. The first kappa shape index (κ1) is 16.6. The molecule has 0 aromatic rings. The zero-order chi connectivity index (χ0) is 15.0. The Morgan fingerprint density at radius 1 is 1.21 bits per heavy atom. The summed E-state index contributed by atoms with van der Waals surface area (Å²) >= 11 is 0. The Hall–Kier alpha value is -0.490. The Kier molecular flexibility index (Phi) is 4.78. The second-order valence-corrected chi connectivity index (χ2v) is 9.06. The number of carbonyl (C=O) groups excluding carboxylic acids is 1. The molecule has 1 unspecified atom stereocenters. The third-order valence-electron chi connectivity index (χ3n) is 3.16. The van der Waals surface area contributed by atoms with Crippen molar-refractivity contribution in [2.75, 3.05) is 0 Å². The number of likely N-dealkylation sites (tertiary alicyclic amines) is 1. The molecule has 1 rings (SSSR count). The molecule has 0 aliphatic carbocycles. The minimum atomic E-state index is -3.58. The van der Waals surface area contributed by atoms with Crippen LogP contribution in [0.3, 0.4) is 0 Å². The van der Waals surface area contributed by atoms with Gasteiger partial charge in [0.25, 0.3) is 0 Å². The van der Waals surface area contributed by atoms with Crippen LogP contribution in [0.5, 0.6) is 0 Å². The lowest BCUT2D eigenvalue weighted by atomic mass is 9.97. The van der Waals surface area contributed by atoms with E-state index in [9.17, 15) is 13.2 Å². The maximum absolute atomic E-state index is 12.1. The molecule has 0 N–H and O–H groups in total. The number of hydrogen-bond donors (Lipinski definition) is 0. The van der Waals surface area contributed by atoms with E-state index in [-0.39, 0.29) is 12.1 Å². The first-order valence-electron chi connectivity index (χ1n) is 6.36. The van der Waals surface area contributed by atoms with E-state index in [1.54, 1.807) is 25.7 Å². The summed E-state index contributed by atoms with van der Waals surface area (Å²) in [5, 5.41) is -0.599. The summed E-state index contributed by atoms with van der Waals surface area (Å²) in [7, 11) is 1.83. The monoisotopic (exact) mass is 311 g/mol. The molecule has 7 heteroatoms. The van der Waals surface area contributed by atoms with E-state index in [0.29, 0.717) is 12.8 Å². The number of rotatable bonds is 1. The molecule has 19 heavy (non-hydrogen) atoms. The van der Waals surface area contributed by atoms with Crippen LogP contribution in [0.15, 0.2) is 0 Å². The van der Waals surface area contributed by atoms with Gasteiger partial charge < -0.3 is 9.64 Å². The molecule has 1 aliphatic rings. The molecule has 0 radical (unpaired) electrons. The maximum Gasteiger partial charge on any atom is 0.410 e. The van der Waals surface area contributed by atoms with Crippen LogP contribution >= 0.6 is 10.7 Å². The van der Waals surface area contributed by atoms with Gasteiger partial charge in [-0.05, 0) is 47.5 Å². The van der Waals surface area contributed by atoms with Gasteiger partial charge in [-0.3, -0.25) is 0 Å². The lowest BCUT2D eigenvalue weighted by molar-refractivity contribution is 0.000429. The van der Waals surface area contributed by atoms with Crippen molar-refractivity contribution in [2.24, 2.45) is 0 Å². The van der Waals surface area contributed by atoms with E-state index in [0.717, 1.165) is 0 Å². The summed E-state index contributed by atoms with van der Waals surface area (Å²) in [6.07, 6.45) is 0.281. The number of piperidine rings is 1. The summed E-state index contributed by atoms with van der Waals surface area (Å²) < 4.78 is 28.2. The normalized spacial score (nSPS) is 29.2. The van der Waals surface area contributed by atoms with Gasteiger partial charge in [0, 0.05) is 22.8 Å². The van der Waals surface area contributed by atoms with Crippen LogP contribution in [0, 0.1) is 0 Å². The molecule has 0 aromatic carbocycles. The van der Waals surface area contributed by atoms with Crippen molar-refractivity contribution in [3.05, 3.63) is 0 Å². The van der Waals surface area contributed by atoms with Crippen LogP contribution in [0.2, 0.25) is 0 Å².